The first-order valence-electron chi connectivity index (χ1n) is 14.0. The van der Waals surface area contributed by atoms with Crippen molar-refractivity contribution in [1.29, 1.82) is 0 Å². The molecule has 2 amide bonds. The van der Waals surface area contributed by atoms with Crippen molar-refractivity contribution in [2.24, 2.45) is 5.92 Å². The molecule has 1 aromatic carbocycles. The highest BCUT2D eigenvalue weighted by molar-refractivity contribution is 5.99. The minimum absolute atomic E-state index is 0.0191. The molecule has 5 rings (SSSR count). The fourth-order valence-electron chi connectivity index (χ4n) is 6.75. The van der Waals surface area contributed by atoms with E-state index in [-0.39, 0.29) is 36.2 Å². The Morgan fingerprint density at radius 2 is 1.64 bits per heavy atom. The van der Waals surface area contributed by atoms with Gasteiger partial charge in [0.15, 0.2) is 5.78 Å². The van der Waals surface area contributed by atoms with Gasteiger partial charge in [0.2, 0.25) is 5.91 Å². The summed E-state index contributed by atoms with van der Waals surface area (Å²) in [5.41, 5.74) is 1.88. The van der Waals surface area contributed by atoms with E-state index in [4.69, 9.17) is 4.74 Å². The lowest BCUT2D eigenvalue weighted by Gasteiger charge is -2.35. The van der Waals surface area contributed by atoms with Crippen molar-refractivity contribution in [3.63, 3.8) is 0 Å². The summed E-state index contributed by atoms with van der Waals surface area (Å²) in [5, 5.41) is 3.10. The normalized spacial score (nSPS) is 26.9. The molecule has 1 saturated carbocycles. The van der Waals surface area contributed by atoms with Crippen molar-refractivity contribution >= 4 is 17.6 Å². The molecule has 3 saturated heterocycles. The van der Waals surface area contributed by atoms with Crippen LogP contribution in [0.3, 0.4) is 0 Å². The van der Waals surface area contributed by atoms with E-state index < -0.39 is 12.1 Å². The zero-order valence-corrected chi connectivity index (χ0v) is 21.8. The van der Waals surface area contributed by atoms with Gasteiger partial charge in [0.05, 0.1) is 6.10 Å². The molecule has 36 heavy (non-hydrogen) atoms. The van der Waals surface area contributed by atoms with E-state index in [9.17, 15) is 14.4 Å². The van der Waals surface area contributed by atoms with E-state index in [0.29, 0.717) is 30.5 Å². The third-order valence-electron chi connectivity index (χ3n) is 8.97. The van der Waals surface area contributed by atoms with Crippen LogP contribution in [0, 0.1) is 5.92 Å². The van der Waals surface area contributed by atoms with Gasteiger partial charge in [-0.3, -0.25) is 14.4 Å². The Morgan fingerprint density at radius 1 is 0.944 bits per heavy atom. The highest BCUT2D eigenvalue weighted by Gasteiger charge is 2.49. The Labute approximate surface area is 214 Å². The molecule has 3 heterocycles. The zero-order valence-electron chi connectivity index (χ0n) is 21.8. The van der Waals surface area contributed by atoms with Gasteiger partial charge in [-0.1, -0.05) is 31.4 Å². The number of benzene rings is 1. The first kappa shape index (κ1) is 25.4. The molecule has 3 aliphatic heterocycles. The van der Waals surface area contributed by atoms with Crippen molar-refractivity contribution < 1.29 is 19.1 Å². The number of nitrogens with one attached hydrogen (secondary N) is 1. The van der Waals surface area contributed by atoms with Crippen LogP contribution in [0.4, 0.5) is 0 Å². The number of rotatable bonds is 6. The monoisotopic (exact) mass is 495 g/mol. The maximum atomic E-state index is 13.7. The second-order valence-electron chi connectivity index (χ2n) is 11.5. The predicted molar refractivity (Wildman–Crippen MR) is 138 cm³/mol. The van der Waals surface area contributed by atoms with Crippen molar-refractivity contribution in [2.45, 2.75) is 95.4 Å². The van der Waals surface area contributed by atoms with Gasteiger partial charge in [0, 0.05) is 18.2 Å². The lowest BCUT2D eigenvalue weighted by Crippen LogP contribution is -2.55. The second-order valence-corrected chi connectivity index (χ2v) is 11.5. The quantitative estimate of drug-likeness (QED) is 0.653. The molecular formula is C29H41N3O4. The van der Waals surface area contributed by atoms with Crippen LogP contribution in [0.2, 0.25) is 0 Å². The number of Topliss-reactive ketones (excluding diaryl/α,β-unsaturated/α-hetero) is 1. The highest BCUT2D eigenvalue weighted by Crippen LogP contribution is 2.32. The Kier molecular flexibility index (Phi) is 7.77. The van der Waals surface area contributed by atoms with Gasteiger partial charge in [0.1, 0.15) is 18.7 Å². The molecule has 0 aromatic heterocycles. The number of nitrogens with zero attached hydrogens (tertiary/aromatic N) is 2. The fraction of sp³-hybridized carbons (Fsp3) is 0.690. The molecule has 3 atom stereocenters. The Bertz CT molecular complexity index is 948. The first-order chi connectivity index (χ1) is 17.4. The van der Waals surface area contributed by atoms with Gasteiger partial charge in [-0.05, 0) is 88.6 Å². The maximum Gasteiger partial charge on any atom is 0.251 e. The molecule has 0 bridgehead atoms. The minimum Gasteiger partial charge on any atom is -0.368 e. The van der Waals surface area contributed by atoms with Crippen molar-refractivity contribution in [2.75, 3.05) is 26.2 Å². The van der Waals surface area contributed by atoms with E-state index in [0.717, 1.165) is 51.6 Å². The first-order valence-corrected chi connectivity index (χ1v) is 14.0. The van der Waals surface area contributed by atoms with E-state index >= 15 is 0 Å². The van der Waals surface area contributed by atoms with Crippen molar-refractivity contribution in [3.8, 4) is 0 Å². The molecule has 0 spiro atoms. The van der Waals surface area contributed by atoms with Gasteiger partial charge in [0.25, 0.3) is 5.91 Å². The van der Waals surface area contributed by atoms with Crippen molar-refractivity contribution in [3.05, 3.63) is 35.4 Å². The van der Waals surface area contributed by atoms with Gasteiger partial charge >= 0.3 is 0 Å². The van der Waals surface area contributed by atoms with Crippen LogP contribution in [0.5, 0.6) is 0 Å². The maximum absolute atomic E-state index is 13.7. The third-order valence-corrected chi connectivity index (χ3v) is 8.97. The zero-order chi connectivity index (χ0) is 25.2. The molecule has 1 N–H and O–H groups in total. The van der Waals surface area contributed by atoms with Crippen molar-refractivity contribution in [1.82, 2.24) is 15.1 Å². The SMILES string of the molecule is CC(C)N1CCC(c2ccc(C(=O)N[C@H](C(=O)N3CC[C@H]4OCC(=O)[C@H]43)C3CCCCC3)cc2)CC1. The molecule has 7 heteroatoms. The molecule has 1 aromatic rings. The fourth-order valence-corrected chi connectivity index (χ4v) is 6.75. The number of piperidine rings is 1. The molecule has 4 aliphatic rings. The number of likely N-dealkylation sites (tertiary alicyclic amines) is 2. The summed E-state index contributed by atoms with van der Waals surface area (Å²) in [6.45, 7) is 7.33. The number of carbonyl (C=O) groups excluding carboxylic acids is 3. The number of hydrogen-bond acceptors (Lipinski definition) is 5. The van der Waals surface area contributed by atoms with E-state index in [2.05, 4.69) is 36.2 Å². The Balaban J connectivity index is 1.27. The van der Waals surface area contributed by atoms with Gasteiger partial charge in [-0.25, -0.2) is 0 Å². The summed E-state index contributed by atoms with van der Waals surface area (Å²) < 4.78 is 5.59. The summed E-state index contributed by atoms with van der Waals surface area (Å²) in [6, 6.07) is 7.49. The Morgan fingerprint density at radius 3 is 2.31 bits per heavy atom. The highest BCUT2D eigenvalue weighted by atomic mass is 16.5. The van der Waals surface area contributed by atoms with Crippen LogP contribution in [0.25, 0.3) is 0 Å². The van der Waals surface area contributed by atoms with E-state index in [1.54, 1.807) is 4.90 Å². The smallest absolute Gasteiger partial charge is 0.251 e. The van der Waals surface area contributed by atoms with Crippen LogP contribution in [-0.4, -0.2) is 77.9 Å². The number of hydrogen-bond donors (Lipinski definition) is 1. The number of carbonyl (C=O) groups is 3. The summed E-state index contributed by atoms with van der Waals surface area (Å²) >= 11 is 0. The molecular weight excluding hydrogens is 454 g/mol. The summed E-state index contributed by atoms with van der Waals surface area (Å²) in [6.07, 6.45) is 7.95. The average molecular weight is 496 g/mol. The predicted octanol–water partition coefficient (Wildman–Crippen LogP) is 3.52. The molecule has 7 nitrogen and oxygen atoms in total. The lowest BCUT2D eigenvalue weighted by molar-refractivity contribution is -0.139. The topological polar surface area (TPSA) is 79.0 Å². The summed E-state index contributed by atoms with van der Waals surface area (Å²) in [4.78, 5) is 43.7. The number of ketones is 1. The van der Waals surface area contributed by atoms with Crippen LogP contribution in [0.15, 0.2) is 24.3 Å². The molecule has 4 fully saturated rings. The van der Waals surface area contributed by atoms with E-state index in [1.807, 2.05) is 12.1 Å². The van der Waals surface area contributed by atoms with Crippen LogP contribution in [0.1, 0.15) is 87.1 Å². The average Bonchev–Trinajstić information content (AvgIpc) is 3.50. The van der Waals surface area contributed by atoms with Crippen LogP contribution >= 0.6 is 0 Å². The van der Waals surface area contributed by atoms with Gasteiger partial charge in [-0.15, -0.1) is 0 Å². The largest absolute Gasteiger partial charge is 0.368 e. The number of amides is 2. The lowest BCUT2D eigenvalue weighted by atomic mass is 9.83. The number of fused-ring (bicyclic) bond motifs is 1. The second kappa shape index (κ2) is 11.0. The molecule has 1 aliphatic carbocycles. The minimum atomic E-state index is -0.593. The van der Waals surface area contributed by atoms with Crippen LogP contribution in [-0.2, 0) is 14.3 Å². The van der Waals surface area contributed by atoms with Gasteiger partial charge in [-0.2, -0.15) is 0 Å². The number of ether oxygens (including phenoxy) is 1. The summed E-state index contributed by atoms with van der Waals surface area (Å²) in [7, 11) is 0. The van der Waals surface area contributed by atoms with E-state index in [1.165, 1.54) is 12.0 Å². The Hall–Kier alpha value is -2.25. The standard InChI is InChI=1S/C29H41N3O4/c1-19(2)31-15-12-21(13-16-31)20-8-10-23(11-9-20)28(34)30-26(22-6-4-3-5-7-22)29(35)32-17-14-25-27(32)24(33)18-36-25/h8-11,19,21-22,25-27H,3-7,12-18H2,1-2H3,(H,30,34)/t25-,26+,27-/m1/s1. The van der Waals surface area contributed by atoms with Gasteiger partial charge < -0.3 is 19.9 Å². The molecule has 196 valence electrons. The third kappa shape index (κ3) is 5.23. The summed E-state index contributed by atoms with van der Waals surface area (Å²) in [5.74, 6) is 0.300. The van der Waals surface area contributed by atoms with Crippen LogP contribution < -0.4 is 5.32 Å². The molecule has 0 radical (unpaired) electrons. The molecule has 0 unspecified atom stereocenters.